The van der Waals surface area contributed by atoms with E-state index in [1.54, 1.807) is 21.8 Å². The molecule has 0 bridgehead atoms. The Hall–Kier alpha value is -3.43. The van der Waals surface area contributed by atoms with Gasteiger partial charge in [-0.2, -0.15) is 31.4 Å². The highest BCUT2D eigenvalue weighted by molar-refractivity contribution is 5.77. The molecule has 38 heavy (non-hydrogen) atoms. The topological polar surface area (TPSA) is 116 Å². The summed E-state index contributed by atoms with van der Waals surface area (Å²) < 4.78 is 83.1. The average Bonchev–Trinajstić information content (AvgIpc) is 2.84. The zero-order chi connectivity index (χ0) is 28.1. The number of hydrogen-bond donors (Lipinski definition) is 2. The Balaban J connectivity index is 1.48. The Kier molecular flexibility index (Phi) is 9.17. The van der Waals surface area contributed by atoms with Gasteiger partial charge in [0.1, 0.15) is 12.2 Å². The Morgan fingerprint density at radius 3 is 2.34 bits per heavy atom. The molecule has 210 valence electrons. The number of nitrogens with one attached hydrogen (secondary N) is 2. The number of hydrogen-bond acceptors (Lipinski definition) is 8. The second-order valence-electron chi connectivity index (χ2n) is 8.71. The average molecular weight is 551 g/mol. The number of aromatic amines is 1. The number of ether oxygens (including phenoxy) is 1. The van der Waals surface area contributed by atoms with Crippen LogP contribution in [0.1, 0.15) is 37.8 Å². The lowest BCUT2D eigenvalue weighted by molar-refractivity contribution is -0.139. The minimum absolute atomic E-state index is 0.114. The van der Waals surface area contributed by atoms with E-state index in [1.807, 2.05) is 0 Å². The van der Waals surface area contributed by atoms with Gasteiger partial charge < -0.3 is 19.9 Å². The fourth-order valence-electron chi connectivity index (χ4n) is 4.15. The molecule has 10 nitrogen and oxygen atoms in total. The summed E-state index contributed by atoms with van der Waals surface area (Å²) in [4.78, 5) is 35.3. The lowest BCUT2D eigenvalue weighted by Gasteiger charge is -2.38. The van der Waals surface area contributed by atoms with Gasteiger partial charge in [-0.25, -0.2) is 15.1 Å². The normalized spacial score (nSPS) is 15.8. The molecule has 0 aliphatic carbocycles. The van der Waals surface area contributed by atoms with Crippen LogP contribution in [-0.2, 0) is 21.9 Å². The maximum absolute atomic E-state index is 13.2. The van der Waals surface area contributed by atoms with Crippen LogP contribution in [-0.4, -0.2) is 75.9 Å². The quantitative estimate of drug-likeness (QED) is 0.457. The van der Waals surface area contributed by atoms with Crippen LogP contribution >= 0.6 is 0 Å². The van der Waals surface area contributed by atoms with Gasteiger partial charge >= 0.3 is 12.4 Å². The van der Waals surface area contributed by atoms with Gasteiger partial charge in [-0.1, -0.05) is 0 Å². The molecule has 1 fully saturated rings. The maximum atomic E-state index is 13.2. The lowest BCUT2D eigenvalue weighted by Crippen LogP contribution is -2.49. The minimum atomic E-state index is -4.88. The van der Waals surface area contributed by atoms with Crippen molar-refractivity contribution in [2.45, 2.75) is 51.1 Å². The standard InChI is InChI=1S/C22H27F6N7O3/c1-3-35(15-4-6-34(7-5-15)20-29-8-14(9-30-20)21(23,24)25)17(36)12-38-11-13(2)32-16-10-31-33-19(37)18(16)22(26,27)28/h8-10,13,15H,3-7,11-12H2,1-2H3,(H2,32,33,37). The van der Waals surface area contributed by atoms with Crippen molar-refractivity contribution in [1.29, 1.82) is 0 Å². The molecule has 0 aromatic carbocycles. The molecule has 0 saturated carbocycles. The van der Waals surface area contributed by atoms with Crippen LogP contribution in [0, 0.1) is 0 Å². The monoisotopic (exact) mass is 551 g/mol. The van der Waals surface area contributed by atoms with Crippen LogP contribution in [0.5, 0.6) is 0 Å². The zero-order valence-electron chi connectivity index (χ0n) is 20.6. The third-order valence-electron chi connectivity index (χ3n) is 5.95. The zero-order valence-corrected chi connectivity index (χ0v) is 20.6. The van der Waals surface area contributed by atoms with Crippen molar-refractivity contribution in [3.63, 3.8) is 0 Å². The molecule has 0 spiro atoms. The molecule has 1 amide bonds. The highest BCUT2D eigenvalue weighted by Crippen LogP contribution is 2.32. The molecule has 1 aliphatic heterocycles. The minimum Gasteiger partial charge on any atom is -0.378 e. The maximum Gasteiger partial charge on any atom is 0.423 e. The highest BCUT2D eigenvalue weighted by Gasteiger charge is 2.37. The van der Waals surface area contributed by atoms with E-state index in [0.29, 0.717) is 32.5 Å². The van der Waals surface area contributed by atoms with Crippen molar-refractivity contribution >= 4 is 17.5 Å². The first-order chi connectivity index (χ1) is 17.8. The number of likely N-dealkylation sites (N-methyl/N-ethyl adjacent to an activating group) is 1. The smallest absolute Gasteiger partial charge is 0.378 e. The molecule has 1 aliphatic rings. The van der Waals surface area contributed by atoms with Crippen molar-refractivity contribution in [3.05, 3.63) is 40.1 Å². The third-order valence-corrected chi connectivity index (χ3v) is 5.95. The van der Waals surface area contributed by atoms with Crippen LogP contribution in [0.2, 0.25) is 0 Å². The van der Waals surface area contributed by atoms with Crippen LogP contribution in [0.15, 0.2) is 23.4 Å². The van der Waals surface area contributed by atoms with E-state index in [-0.39, 0.29) is 31.1 Å². The first kappa shape index (κ1) is 29.1. The van der Waals surface area contributed by atoms with Gasteiger partial charge in [-0.15, -0.1) is 0 Å². The molecule has 3 heterocycles. The van der Waals surface area contributed by atoms with Gasteiger partial charge in [0, 0.05) is 44.1 Å². The summed E-state index contributed by atoms with van der Waals surface area (Å²) in [5, 5.41) is 7.67. The summed E-state index contributed by atoms with van der Waals surface area (Å²) in [6.07, 6.45) is -6.00. The summed E-state index contributed by atoms with van der Waals surface area (Å²) in [5.41, 5.74) is -4.21. The van der Waals surface area contributed by atoms with Gasteiger partial charge in [-0.05, 0) is 26.7 Å². The molecule has 0 radical (unpaired) electrons. The van der Waals surface area contributed by atoms with E-state index in [1.165, 1.54) is 6.92 Å². The summed E-state index contributed by atoms with van der Waals surface area (Å²) >= 11 is 0. The Labute approximate surface area is 213 Å². The number of carbonyl (C=O) groups excluding carboxylic acids is 1. The number of piperidine rings is 1. The fraction of sp³-hybridized carbons (Fsp3) is 0.591. The second-order valence-corrected chi connectivity index (χ2v) is 8.71. The molecule has 16 heteroatoms. The van der Waals surface area contributed by atoms with Gasteiger partial charge in [0.2, 0.25) is 11.9 Å². The van der Waals surface area contributed by atoms with Gasteiger partial charge in [0.25, 0.3) is 5.56 Å². The van der Waals surface area contributed by atoms with Crippen LogP contribution in [0.4, 0.5) is 38.0 Å². The number of halogens is 6. The van der Waals surface area contributed by atoms with E-state index >= 15 is 0 Å². The van der Waals surface area contributed by atoms with E-state index in [4.69, 9.17) is 4.74 Å². The predicted molar refractivity (Wildman–Crippen MR) is 123 cm³/mol. The largest absolute Gasteiger partial charge is 0.423 e. The van der Waals surface area contributed by atoms with Gasteiger partial charge in [0.05, 0.1) is 24.1 Å². The summed E-state index contributed by atoms with van der Waals surface area (Å²) in [5.74, 6) is -0.127. The number of amides is 1. The van der Waals surface area contributed by atoms with Gasteiger partial charge in [0.15, 0.2) is 0 Å². The number of rotatable bonds is 9. The highest BCUT2D eigenvalue weighted by atomic mass is 19.4. The van der Waals surface area contributed by atoms with E-state index in [0.717, 1.165) is 18.6 Å². The second kappa shape index (κ2) is 12.0. The summed E-state index contributed by atoms with van der Waals surface area (Å²) in [7, 11) is 0. The molecule has 2 N–H and O–H groups in total. The van der Waals surface area contributed by atoms with Crippen LogP contribution in [0.25, 0.3) is 0 Å². The number of aromatic nitrogens is 4. The third kappa shape index (κ3) is 7.33. The summed E-state index contributed by atoms with van der Waals surface area (Å²) in [6.45, 7) is 4.18. The van der Waals surface area contributed by atoms with Crippen molar-refractivity contribution in [3.8, 4) is 0 Å². The molecule has 1 unspecified atom stereocenters. The fourth-order valence-corrected chi connectivity index (χ4v) is 4.15. The number of alkyl halides is 6. The Bertz CT molecular complexity index is 1130. The predicted octanol–water partition coefficient (Wildman–Crippen LogP) is 2.93. The van der Waals surface area contributed by atoms with Crippen LogP contribution in [0.3, 0.4) is 0 Å². The summed E-state index contributed by atoms with van der Waals surface area (Å²) in [6, 6.07) is -0.802. The van der Waals surface area contributed by atoms with E-state index in [2.05, 4.69) is 20.4 Å². The molecule has 2 aromatic rings. The van der Waals surface area contributed by atoms with Crippen molar-refractivity contribution in [2.24, 2.45) is 0 Å². The van der Waals surface area contributed by atoms with Crippen LogP contribution < -0.4 is 15.8 Å². The molecule has 2 aromatic heterocycles. The van der Waals surface area contributed by atoms with E-state index < -0.39 is 40.8 Å². The first-order valence-corrected chi connectivity index (χ1v) is 11.7. The molecule has 1 atom stereocenters. The molecule has 1 saturated heterocycles. The molecule has 3 rings (SSSR count). The Morgan fingerprint density at radius 2 is 1.79 bits per heavy atom. The van der Waals surface area contributed by atoms with Crippen molar-refractivity contribution in [2.75, 3.05) is 43.1 Å². The number of nitrogens with zero attached hydrogens (tertiary/aromatic N) is 5. The van der Waals surface area contributed by atoms with Gasteiger partial charge in [-0.3, -0.25) is 9.59 Å². The lowest BCUT2D eigenvalue weighted by atomic mass is 10.0. The molecular weight excluding hydrogens is 524 g/mol. The van der Waals surface area contributed by atoms with E-state index in [9.17, 15) is 35.9 Å². The first-order valence-electron chi connectivity index (χ1n) is 11.7. The SMILES string of the molecule is CCN(C(=O)COCC(C)Nc1cn[nH]c(=O)c1C(F)(F)F)C1CCN(c2ncc(C(F)(F)F)cn2)CC1. The number of anilines is 2. The Morgan fingerprint density at radius 1 is 1.16 bits per heavy atom. The number of H-pyrrole nitrogens is 1. The van der Waals surface area contributed by atoms with Crippen molar-refractivity contribution in [1.82, 2.24) is 25.1 Å². The number of carbonyl (C=O) groups is 1. The van der Waals surface area contributed by atoms with Crippen molar-refractivity contribution < 1.29 is 35.9 Å². The molecular formula is C22H27F6N7O3.